The molecule has 41 heavy (non-hydrogen) atoms. The van der Waals surface area contributed by atoms with Crippen LogP contribution in [0.5, 0.6) is 5.75 Å². The van der Waals surface area contributed by atoms with Crippen LogP contribution in [0.3, 0.4) is 0 Å². The Morgan fingerprint density at radius 2 is 1.83 bits per heavy atom. The summed E-state index contributed by atoms with van der Waals surface area (Å²) in [5.41, 5.74) is 3.87. The highest BCUT2D eigenvalue weighted by atomic mass is 35.5. The Labute approximate surface area is 249 Å². The summed E-state index contributed by atoms with van der Waals surface area (Å²) in [5.74, 6) is 1.38. The van der Waals surface area contributed by atoms with Gasteiger partial charge in [0.2, 0.25) is 0 Å². The summed E-state index contributed by atoms with van der Waals surface area (Å²) in [7, 11) is 4.17. The standard InChI is InChI=1S/C31H35ClN6O2S/c1-21(38-17-8-7-11-23(38)20-37(2)3)22-10-9-12-25(18-22)41(39)36-31-30(33-27-13-5-6-14-28(27)34-31)35-29-19-24(40-4)15-16-26(29)32/h5-6,9-10,12-16,18-19,23H,1,7-8,11,17,20H2,2-4H3,(H,33,35)(H,34,36). The van der Waals surface area contributed by atoms with Crippen molar-refractivity contribution in [3.63, 3.8) is 0 Å². The van der Waals surface area contributed by atoms with Crippen LogP contribution in [0.25, 0.3) is 16.7 Å². The fourth-order valence-corrected chi connectivity index (χ4v) is 6.12. The number of piperidine rings is 1. The number of aromatic nitrogens is 2. The first kappa shape index (κ1) is 28.9. The minimum absolute atomic E-state index is 0.340. The molecule has 4 aromatic rings. The second kappa shape index (κ2) is 12.9. The van der Waals surface area contributed by atoms with Gasteiger partial charge < -0.3 is 19.9 Å². The molecule has 0 radical (unpaired) electrons. The monoisotopic (exact) mass is 590 g/mol. The van der Waals surface area contributed by atoms with Crippen LogP contribution in [0.1, 0.15) is 24.8 Å². The number of anilines is 3. The van der Waals surface area contributed by atoms with Crippen LogP contribution >= 0.6 is 11.6 Å². The minimum atomic E-state index is -1.62. The Morgan fingerprint density at radius 3 is 2.56 bits per heavy atom. The van der Waals surface area contributed by atoms with E-state index < -0.39 is 11.0 Å². The van der Waals surface area contributed by atoms with E-state index in [1.54, 1.807) is 25.3 Å². The van der Waals surface area contributed by atoms with Crippen LogP contribution in [-0.4, -0.2) is 64.3 Å². The van der Waals surface area contributed by atoms with Crippen molar-refractivity contribution in [1.82, 2.24) is 19.8 Å². The van der Waals surface area contributed by atoms with Crippen molar-refractivity contribution in [3.05, 3.63) is 83.9 Å². The maximum absolute atomic E-state index is 13.7. The summed E-state index contributed by atoms with van der Waals surface area (Å²) in [5, 5.41) is 3.74. The van der Waals surface area contributed by atoms with Gasteiger partial charge in [0.25, 0.3) is 0 Å². The Balaban J connectivity index is 1.43. The van der Waals surface area contributed by atoms with Gasteiger partial charge in [-0.1, -0.05) is 42.4 Å². The van der Waals surface area contributed by atoms with Gasteiger partial charge in [0.15, 0.2) is 22.6 Å². The molecule has 8 nitrogen and oxygen atoms in total. The van der Waals surface area contributed by atoms with Crippen molar-refractivity contribution in [2.24, 2.45) is 0 Å². The van der Waals surface area contributed by atoms with Gasteiger partial charge in [-0.3, -0.25) is 4.72 Å². The molecule has 1 aliphatic rings. The number of fused-ring (bicyclic) bond motifs is 1. The van der Waals surface area contributed by atoms with Gasteiger partial charge >= 0.3 is 0 Å². The fourth-order valence-electron chi connectivity index (χ4n) is 5.08. The Bertz CT molecular complexity index is 1580. The predicted molar refractivity (Wildman–Crippen MR) is 169 cm³/mol. The number of likely N-dealkylation sites (N-methyl/N-ethyl adjacent to an activating group) is 1. The summed E-state index contributed by atoms with van der Waals surface area (Å²) in [4.78, 5) is 14.7. The number of hydrogen-bond acceptors (Lipinski definition) is 7. The molecule has 2 atom stereocenters. The minimum Gasteiger partial charge on any atom is -0.497 e. The molecule has 3 aromatic carbocycles. The maximum Gasteiger partial charge on any atom is 0.182 e. The SMILES string of the molecule is C=C(c1cccc(S(=O)Nc2nc3ccccc3nc2Nc2cc(OC)ccc2Cl)c1)N1CCCCC1CN(C)C. The van der Waals surface area contributed by atoms with Crippen molar-refractivity contribution in [2.45, 2.75) is 30.2 Å². The van der Waals surface area contributed by atoms with Gasteiger partial charge in [-0.15, -0.1) is 0 Å². The van der Waals surface area contributed by atoms with Gasteiger partial charge in [0.05, 0.1) is 33.7 Å². The molecule has 10 heteroatoms. The summed E-state index contributed by atoms with van der Waals surface area (Å²) in [6, 6.07) is 21.0. The summed E-state index contributed by atoms with van der Waals surface area (Å²) >= 11 is 6.46. The highest BCUT2D eigenvalue weighted by Crippen LogP contribution is 2.33. The molecule has 0 amide bonds. The third-order valence-electron chi connectivity index (χ3n) is 7.12. The van der Waals surface area contributed by atoms with E-state index in [-0.39, 0.29) is 0 Å². The van der Waals surface area contributed by atoms with Gasteiger partial charge in [-0.25, -0.2) is 14.2 Å². The van der Waals surface area contributed by atoms with Gasteiger partial charge in [-0.2, -0.15) is 0 Å². The molecular formula is C31H35ClN6O2S. The smallest absolute Gasteiger partial charge is 0.182 e. The van der Waals surface area contributed by atoms with Crippen molar-refractivity contribution in [2.75, 3.05) is 44.3 Å². The molecule has 0 spiro atoms. The Morgan fingerprint density at radius 1 is 1.07 bits per heavy atom. The number of nitrogens with zero attached hydrogens (tertiary/aromatic N) is 4. The highest BCUT2D eigenvalue weighted by Gasteiger charge is 2.25. The van der Waals surface area contributed by atoms with Crippen LogP contribution < -0.4 is 14.8 Å². The molecule has 1 saturated heterocycles. The Hall–Kier alpha value is -3.66. The van der Waals surface area contributed by atoms with Gasteiger partial charge in [-0.05, 0) is 75.3 Å². The lowest BCUT2D eigenvalue weighted by atomic mass is 9.99. The first-order chi connectivity index (χ1) is 19.8. The van der Waals surface area contributed by atoms with Crippen molar-refractivity contribution in [3.8, 4) is 5.75 Å². The molecular weight excluding hydrogens is 556 g/mol. The van der Waals surface area contributed by atoms with Gasteiger partial charge in [0, 0.05) is 30.9 Å². The van der Waals surface area contributed by atoms with Crippen molar-refractivity contribution < 1.29 is 8.95 Å². The molecule has 2 unspecified atom stereocenters. The summed E-state index contributed by atoms with van der Waals surface area (Å²) in [6.07, 6.45) is 3.50. The number of ether oxygens (including phenoxy) is 1. The quantitative estimate of drug-likeness (QED) is 0.216. The van der Waals surface area contributed by atoms with Crippen LogP contribution in [-0.2, 0) is 11.0 Å². The third kappa shape index (κ3) is 6.81. The zero-order valence-corrected chi connectivity index (χ0v) is 25.1. The molecule has 0 saturated carbocycles. The van der Waals surface area contributed by atoms with Crippen molar-refractivity contribution >= 4 is 56.6 Å². The van der Waals surface area contributed by atoms with Crippen LogP contribution in [0.4, 0.5) is 17.3 Å². The largest absolute Gasteiger partial charge is 0.497 e. The number of likely N-dealkylation sites (tertiary alicyclic amines) is 1. The molecule has 0 aliphatic carbocycles. The number of para-hydroxylation sites is 2. The molecule has 1 fully saturated rings. The lowest BCUT2D eigenvalue weighted by Crippen LogP contribution is -2.43. The fraction of sp³-hybridized carbons (Fsp3) is 0.290. The normalized spacial score (nSPS) is 16.0. The highest BCUT2D eigenvalue weighted by molar-refractivity contribution is 7.86. The van der Waals surface area contributed by atoms with E-state index in [1.165, 1.54) is 6.42 Å². The van der Waals surface area contributed by atoms with Gasteiger partial charge in [0.1, 0.15) is 5.75 Å². The lowest BCUT2D eigenvalue weighted by molar-refractivity contribution is 0.185. The molecule has 5 rings (SSSR count). The third-order valence-corrected chi connectivity index (χ3v) is 8.51. The number of methoxy groups -OCH3 is 1. The second-order valence-corrected chi connectivity index (χ2v) is 12.0. The number of halogens is 1. The van der Waals surface area contributed by atoms with E-state index in [4.69, 9.17) is 26.3 Å². The second-order valence-electron chi connectivity index (χ2n) is 10.3. The Kier molecular flexibility index (Phi) is 9.07. The number of rotatable bonds is 10. The lowest BCUT2D eigenvalue weighted by Gasteiger charge is -2.40. The topological polar surface area (TPSA) is 82.6 Å². The van der Waals surface area contributed by atoms with E-state index >= 15 is 0 Å². The van der Waals surface area contributed by atoms with Crippen LogP contribution in [0.2, 0.25) is 5.02 Å². The summed E-state index contributed by atoms with van der Waals surface area (Å²) in [6.45, 7) is 6.38. The van der Waals surface area contributed by atoms with Crippen LogP contribution in [0, 0.1) is 0 Å². The molecule has 2 heterocycles. The zero-order valence-electron chi connectivity index (χ0n) is 23.6. The average Bonchev–Trinajstić information content (AvgIpc) is 2.98. The van der Waals surface area contributed by atoms with E-state index in [0.29, 0.717) is 50.1 Å². The first-order valence-electron chi connectivity index (χ1n) is 13.6. The molecule has 2 N–H and O–H groups in total. The average molecular weight is 591 g/mol. The molecule has 1 aromatic heterocycles. The van der Waals surface area contributed by atoms with E-state index in [0.717, 1.165) is 37.2 Å². The number of benzene rings is 3. The summed E-state index contributed by atoms with van der Waals surface area (Å²) < 4.78 is 22.1. The zero-order chi connectivity index (χ0) is 28.9. The maximum atomic E-state index is 13.7. The van der Waals surface area contributed by atoms with E-state index in [1.807, 2.05) is 48.5 Å². The van der Waals surface area contributed by atoms with E-state index in [2.05, 4.69) is 40.5 Å². The molecule has 0 bridgehead atoms. The molecule has 1 aliphatic heterocycles. The molecule has 214 valence electrons. The van der Waals surface area contributed by atoms with Crippen molar-refractivity contribution in [1.29, 1.82) is 0 Å². The number of hydrogen-bond donors (Lipinski definition) is 2. The first-order valence-corrected chi connectivity index (χ1v) is 15.1. The predicted octanol–water partition coefficient (Wildman–Crippen LogP) is 6.56. The van der Waals surface area contributed by atoms with Crippen LogP contribution in [0.15, 0.2) is 78.2 Å². The number of nitrogens with one attached hydrogen (secondary N) is 2. The van der Waals surface area contributed by atoms with E-state index in [9.17, 15) is 4.21 Å².